The molecule has 124 valence electrons. The number of rotatable bonds is 8. The number of carbonyl (C=O) groups is 1. The molecule has 0 saturated heterocycles. The van der Waals surface area contributed by atoms with E-state index in [9.17, 15) is 4.79 Å². The number of aromatic nitrogens is 2. The summed E-state index contributed by atoms with van der Waals surface area (Å²) in [4.78, 5) is 11.8. The van der Waals surface area contributed by atoms with Gasteiger partial charge in [-0.3, -0.25) is 9.89 Å². The Balaban J connectivity index is 1.81. The molecule has 2 rings (SSSR count). The van der Waals surface area contributed by atoms with Crippen molar-refractivity contribution < 1.29 is 9.53 Å². The van der Waals surface area contributed by atoms with E-state index >= 15 is 0 Å². The predicted molar refractivity (Wildman–Crippen MR) is 91.5 cm³/mol. The molecule has 1 aromatic carbocycles. The van der Waals surface area contributed by atoms with E-state index in [1.807, 2.05) is 26.0 Å². The molecule has 0 radical (unpaired) electrons. The number of aromatic amines is 1. The Morgan fingerprint density at radius 2 is 2.13 bits per heavy atom. The zero-order chi connectivity index (χ0) is 16.7. The molecule has 5 heteroatoms. The maximum atomic E-state index is 11.8. The third-order valence-corrected chi connectivity index (χ3v) is 3.90. The lowest BCUT2D eigenvalue weighted by atomic mass is 10.0. The number of amides is 1. The van der Waals surface area contributed by atoms with Crippen molar-refractivity contribution in [1.29, 1.82) is 0 Å². The maximum Gasteiger partial charge on any atom is 0.251 e. The van der Waals surface area contributed by atoms with Gasteiger partial charge in [0.25, 0.3) is 5.91 Å². The van der Waals surface area contributed by atoms with Crippen LogP contribution in [-0.2, 0) is 22.4 Å². The predicted octanol–water partition coefficient (Wildman–Crippen LogP) is 3.26. The summed E-state index contributed by atoms with van der Waals surface area (Å²) in [5, 5.41) is 9.84. The van der Waals surface area contributed by atoms with Crippen LogP contribution in [0.1, 0.15) is 37.1 Å². The first-order chi connectivity index (χ1) is 11.1. The molecule has 0 fully saturated rings. The molecule has 0 aliphatic rings. The summed E-state index contributed by atoms with van der Waals surface area (Å²) in [5.74, 6) is 0.366. The van der Waals surface area contributed by atoms with Crippen LogP contribution in [0.2, 0.25) is 0 Å². The van der Waals surface area contributed by atoms with Gasteiger partial charge >= 0.3 is 0 Å². The summed E-state index contributed by atoms with van der Waals surface area (Å²) in [5.41, 5.74) is 3.63. The van der Waals surface area contributed by atoms with Crippen molar-refractivity contribution >= 4 is 11.7 Å². The zero-order valence-corrected chi connectivity index (χ0v) is 14.1. The number of nitrogens with one attached hydrogen (secondary N) is 2. The second-order valence-electron chi connectivity index (χ2n) is 5.78. The van der Waals surface area contributed by atoms with Crippen LogP contribution in [0.3, 0.4) is 0 Å². The summed E-state index contributed by atoms with van der Waals surface area (Å²) >= 11 is 0. The van der Waals surface area contributed by atoms with Crippen molar-refractivity contribution in [2.75, 3.05) is 11.9 Å². The summed E-state index contributed by atoms with van der Waals surface area (Å²) in [7, 11) is 0. The smallest absolute Gasteiger partial charge is 0.251 e. The highest BCUT2D eigenvalue weighted by Crippen LogP contribution is 2.12. The molecule has 0 aliphatic carbocycles. The van der Waals surface area contributed by atoms with E-state index in [-0.39, 0.29) is 18.6 Å². The van der Waals surface area contributed by atoms with E-state index in [1.54, 1.807) is 0 Å². The van der Waals surface area contributed by atoms with Crippen LogP contribution in [0.15, 0.2) is 30.3 Å². The number of nitrogens with zero attached hydrogens (tertiary/aromatic N) is 1. The van der Waals surface area contributed by atoms with E-state index in [0.29, 0.717) is 5.82 Å². The Kier molecular flexibility index (Phi) is 6.35. The minimum Gasteiger partial charge on any atom is -0.369 e. The number of hydrogen-bond acceptors (Lipinski definition) is 3. The molecular formula is C18H25N3O2. The summed E-state index contributed by atoms with van der Waals surface area (Å²) < 4.78 is 5.40. The molecular weight excluding hydrogens is 290 g/mol. The highest BCUT2D eigenvalue weighted by atomic mass is 16.5. The normalized spacial score (nSPS) is 12.1. The Bertz CT molecular complexity index is 637. The number of H-pyrrole nitrogens is 1. The van der Waals surface area contributed by atoms with Gasteiger partial charge in [0.05, 0.1) is 6.10 Å². The van der Waals surface area contributed by atoms with Gasteiger partial charge in [-0.25, -0.2) is 0 Å². The highest BCUT2D eigenvalue weighted by Gasteiger charge is 2.08. The van der Waals surface area contributed by atoms with Crippen molar-refractivity contribution in [3.05, 3.63) is 47.2 Å². The average Bonchev–Trinajstić information content (AvgIpc) is 2.99. The topological polar surface area (TPSA) is 67.0 Å². The van der Waals surface area contributed by atoms with Gasteiger partial charge in [-0.05, 0) is 44.2 Å². The van der Waals surface area contributed by atoms with Crippen LogP contribution < -0.4 is 5.32 Å². The quantitative estimate of drug-likeness (QED) is 0.786. The number of hydrogen-bond donors (Lipinski definition) is 2. The molecule has 0 saturated carbocycles. The Hall–Kier alpha value is -2.14. The van der Waals surface area contributed by atoms with Crippen LogP contribution in [0.4, 0.5) is 5.82 Å². The molecule has 0 spiro atoms. The number of carbonyl (C=O) groups excluding carboxylic acids is 1. The zero-order valence-electron chi connectivity index (χ0n) is 14.1. The molecule has 1 amide bonds. The SMILES string of the molecule is CCC(C)OCC(=O)Nc1cc(CCc2ccccc2C)[nH]n1. The van der Waals surface area contributed by atoms with E-state index in [0.717, 1.165) is 25.0 Å². The third kappa shape index (κ3) is 5.53. The van der Waals surface area contributed by atoms with Gasteiger partial charge in [0.2, 0.25) is 0 Å². The fourth-order valence-electron chi connectivity index (χ4n) is 2.23. The van der Waals surface area contributed by atoms with Gasteiger partial charge < -0.3 is 10.1 Å². The van der Waals surface area contributed by atoms with Crippen molar-refractivity contribution in [3.63, 3.8) is 0 Å². The highest BCUT2D eigenvalue weighted by molar-refractivity contribution is 5.90. The summed E-state index contributed by atoms with van der Waals surface area (Å²) in [6.45, 7) is 6.15. The van der Waals surface area contributed by atoms with Crippen molar-refractivity contribution in [2.45, 2.75) is 46.1 Å². The van der Waals surface area contributed by atoms with E-state index in [2.05, 4.69) is 40.6 Å². The fraction of sp³-hybridized carbons (Fsp3) is 0.444. The van der Waals surface area contributed by atoms with Crippen LogP contribution in [0.25, 0.3) is 0 Å². The lowest BCUT2D eigenvalue weighted by Crippen LogP contribution is -2.21. The van der Waals surface area contributed by atoms with Crippen LogP contribution in [-0.4, -0.2) is 28.8 Å². The van der Waals surface area contributed by atoms with Crippen molar-refractivity contribution in [3.8, 4) is 0 Å². The Labute approximate surface area is 137 Å². The Morgan fingerprint density at radius 1 is 1.35 bits per heavy atom. The minimum atomic E-state index is -0.178. The van der Waals surface area contributed by atoms with Gasteiger partial charge in [0, 0.05) is 11.8 Å². The molecule has 23 heavy (non-hydrogen) atoms. The fourth-order valence-corrected chi connectivity index (χ4v) is 2.23. The van der Waals surface area contributed by atoms with Crippen LogP contribution >= 0.6 is 0 Å². The van der Waals surface area contributed by atoms with Gasteiger partial charge in [-0.15, -0.1) is 0 Å². The first-order valence-corrected chi connectivity index (χ1v) is 8.08. The molecule has 1 atom stereocenters. The standard InChI is InChI=1S/C18H25N3O2/c1-4-14(3)23-12-18(22)19-17-11-16(20-21-17)10-9-15-8-6-5-7-13(15)2/h5-8,11,14H,4,9-10,12H2,1-3H3,(H2,19,20,21,22). The first kappa shape index (κ1) is 17.2. The molecule has 1 unspecified atom stereocenters. The van der Waals surface area contributed by atoms with Crippen LogP contribution in [0.5, 0.6) is 0 Å². The average molecular weight is 315 g/mol. The monoisotopic (exact) mass is 315 g/mol. The van der Waals surface area contributed by atoms with Gasteiger partial charge in [0.1, 0.15) is 6.61 Å². The molecule has 1 heterocycles. The second-order valence-corrected chi connectivity index (χ2v) is 5.78. The van der Waals surface area contributed by atoms with E-state index in [4.69, 9.17) is 4.74 Å². The lowest BCUT2D eigenvalue weighted by molar-refractivity contribution is -0.122. The molecule has 2 N–H and O–H groups in total. The summed E-state index contributed by atoms with van der Waals surface area (Å²) in [6.07, 6.45) is 2.78. The summed E-state index contributed by atoms with van der Waals surface area (Å²) in [6, 6.07) is 10.2. The van der Waals surface area contributed by atoms with E-state index < -0.39 is 0 Å². The van der Waals surface area contributed by atoms with Gasteiger partial charge in [-0.2, -0.15) is 5.10 Å². The van der Waals surface area contributed by atoms with Gasteiger partial charge in [0.15, 0.2) is 5.82 Å². The van der Waals surface area contributed by atoms with Gasteiger partial charge in [-0.1, -0.05) is 31.2 Å². The van der Waals surface area contributed by atoms with Crippen LogP contribution in [0, 0.1) is 6.92 Å². The number of benzene rings is 1. The van der Waals surface area contributed by atoms with Crippen molar-refractivity contribution in [1.82, 2.24) is 10.2 Å². The number of ether oxygens (including phenoxy) is 1. The largest absolute Gasteiger partial charge is 0.369 e. The van der Waals surface area contributed by atoms with Crippen molar-refractivity contribution in [2.24, 2.45) is 0 Å². The lowest BCUT2D eigenvalue weighted by Gasteiger charge is -2.09. The maximum absolute atomic E-state index is 11.8. The molecule has 2 aromatic rings. The van der Waals surface area contributed by atoms with E-state index in [1.165, 1.54) is 11.1 Å². The Morgan fingerprint density at radius 3 is 2.87 bits per heavy atom. The first-order valence-electron chi connectivity index (χ1n) is 8.08. The molecule has 0 bridgehead atoms. The number of aryl methyl sites for hydroxylation is 3. The second kappa shape index (κ2) is 8.48. The number of anilines is 1. The molecule has 0 aliphatic heterocycles. The third-order valence-electron chi connectivity index (χ3n) is 3.90. The molecule has 5 nitrogen and oxygen atoms in total. The minimum absolute atomic E-state index is 0.0560. The molecule has 1 aromatic heterocycles.